The van der Waals surface area contributed by atoms with Crippen LogP contribution >= 0.6 is 0 Å². The number of carbonyl (C=O) groups excluding carboxylic acids is 3. The van der Waals surface area contributed by atoms with Gasteiger partial charge in [0, 0.05) is 57.4 Å². The summed E-state index contributed by atoms with van der Waals surface area (Å²) < 4.78 is 0. The van der Waals surface area contributed by atoms with Gasteiger partial charge >= 0.3 is 0 Å². The van der Waals surface area contributed by atoms with Gasteiger partial charge in [0.15, 0.2) is 0 Å². The van der Waals surface area contributed by atoms with Crippen molar-refractivity contribution in [3.8, 4) is 0 Å². The molecule has 2 fully saturated rings. The van der Waals surface area contributed by atoms with Crippen LogP contribution < -0.4 is 10.2 Å². The number of anilines is 1. The largest absolute Gasteiger partial charge is 0.357 e. The summed E-state index contributed by atoms with van der Waals surface area (Å²) in [5, 5.41) is 2.71. The second kappa shape index (κ2) is 9.96. The normalized spacial score (nSPS) is 19.3. The van der Waals surface area contributed by atoms with Crippen LogP contribution in [-0.2, 0) is 16.0 Å². The lowest BCUT2D eigenvalue weighted by molar-refractivity contribution is -0.127. The van der Waals surface area contributed by atoms with E-state index in [0.717, 1.165) is 31.6 Å². The Kier molecular flexibility index (Phi) is 6.85. The van der Waals surface area contributed by atoms with Crippen molar-refractivity contribution in [1.82, 2.24) is 15.1 Å². The lowest BCUT2D eigenvalue weighted by atomic mass is 10.1. The molecule has 0 bridgehead atoms. The van der Waals surface area contributed by atoms with Crippen molar-refractivity contribution in [1.29, 1.82) is 0 Å². The monoisotopic (exact) mass is 434 g/mol. The van der Waals surface area contributed by atoms with Crippen molar-refractivity contribution in [2.45, 2.75) is 25.3 Å². The number of hydrogen-bond donors (Lipinski definition) is 1. The van der Waals surface area contributed by atoms with E-state index >= 15 is 0 Å². The van der Waals surface area contributed by atoms with E-state index in [-0.39, 0.29) is 17.7 Å². The van der Waals surface area contributed by atoms with Crippen LogP contribution in [0.1, 0.15) is 28.8 Å². The smallest absolute Gasteiger partial charge is 0.254 e. The third-order valence-electron chi connectivity index (χ3n) is 6.31. The molecule has 168 valence electrons. The van der Waals surface area contributed by atoms with Gasteiger partial charge in [-0.15, -0.1) is 0 Å². The average molecular weight is 435 g/mol. The summed E-state index contributed by atoms with van der Waals surface area (Å²) in [7, 11) is 1.60. The summed E-state index contributed by atoms with van der Waals surface area (Å²) in [6.45, 7) is 3.22. The second-order valence-corrected chi connectivity index (χ2v) is 8.36. The first-order chi connectivity index (χ1) is 15.6. The molecule has 0 aliphatic carbocycles. The maximum Gasteiger partial charge on any atom is 0.254 e. The summed E-state index contributed by atoms with van der Waals surface area (Å²) in [6, 6.07) is 16.9. The minimum absolute atomic E-state index is 0.0878. The lowest BCUT2D eigenvalue weighted by Crippen LogP contribution is -2.60. The van der Waals surface area contributed by atoms with E-state index in [0.29, 0.717) is 31.6 Å². The second-order valence-electron chi connectivity index (χ2n) is 8.36. The number of carbonyl (C=O) groups is 3. The van der Waals surface area contributed by atoms with Gasteiger partial charge in [-0.25, -0.2) is 0 Å². The molecule has 2 aromatic carbocycles. The SMILES string of the molecule is CNC(=O)[C@@H]1CN(CCc2ccccc2)CCN1C(=O)c1cccc(N2CCCC2=O)c1. The Labute approximate surface area is 189 Å². The molecule has 1 N–H and O–H groups in total. The minimum atomic E-state index is -0.547. The maximum absolute atomic E-state index is 13.4. The van der Waals surface area contributed by atoms with Gasteiger partial charge in [-0.2, -0.15) is 0 Å². The first-order valence-electron chi connectivity index (χ1n) is 11.3. The molecule has 0 unspecified atom stereocenters. The van der Waals surface area contributed by atoms with E-state index in [9.17, 15) is 14.4 Å². The van der Waals surface area contributed by atoms with Crippen molar-refractivity contribution in [2.75, 3.05) is 44.7 Å². The van der Waals surface area contributed by atoms with Gasteiger partial charge in [-0.05, 0) is 36.6 Å². The summed E-state index contributed by atoms with van der Waals surface area (Å²) in [4.78, 5) is 43.8. The number of hydrogen-bond acceptors (Lipinski definition) is 4. The standard InChI is InChI=1S/C25H30N4O3/c1-26-24(31)22-18-27(14-12-19-7-3-2-4-8-19)15-16-29(22)25(32)20-9-5-10-21(17-20)28-13-6-11-23(28)30/h2-5,7-10,17,22H,6,11-16,18H2,1H3,(H,26,31)/t22-/m0/s1. The van der Waals surface area contributed by atoms with Gasteiger partial charge in [0.1, 0.15) is 6.04 Å². The Hall–Kier alpha value is -3.19. The predicted octanol–water partition coefficient (Wildman–Crippen LogP) is 1.93. The van der Waals surface area contributed by atoms with Crippen molar-refractivity contribution in [2.24, 2.45) is 0 Å². The number of benzene rings is 2. The molecule has 2 aromatic rings. The van der Waals surface area contributed by atoms with Gasteiger partial charge in [-0.3, -0.25) is 19.3 Å². The minimum Gasteiger partial charge on any atom is -0.357 e. The molecule has 7 nitrogen and oxygen atoms in total. The summed E-state index contributed by atoms with van der Waals surface area (Å²) >= 11 is 0. The van der Waals surface area contributed by atoms with Crippen LogP contribution in [0.5, 0.6) is 0 Å². The molecule has 2 saturated heterocycles. The first kappa shape index (κ1) is 22.0. The Morgan fingerprint density at radius 2 is 1.84 bits per heavy atom. The molecule has 0 spiro atoms. The average Bonchev–Trinajstić information content (AvgIpc) is 3.28. The van der Waals surface area contributed by atoms with Crippen LogP contribution in [0, 0.1) is 0 Å². The van der Waals surface area contributed by atoms with Gasteiger partial charge < -0.3 is 15.1 Å². The van der Waals surface area contributed by atoms with Crippen LogP contribution in [0.25, 0.3) is 0 Å². The zero-order chi connectivity index (χ0) is 22.5. The zero-order valence-corrected chi connectivity index (χ0v) is 18.5. The number of likely N-dealkylation sites (N-methyl/N-ethyl adjacent to an activating group) is 1. The van der Waals surface area contributed by atoms with Gasteiger partial charge in [0.05, 0.1) is 0 Å². The van der Waals surface area contributed by atoms with E-state index in [4.69, 9.17) is 0 Å². The van der Waals surface area contributed by atoms with Gasteiger partial charge in [-0.1, -0.05) is 36.4 Å². The van der Waals surface area contributed by atoms with Crippen LogP contribution in [0.3, 0.4) is 0 Å². The van der Waals surface area contributed by atoms with E-state index in [1.807, 2.05) is 24.3 Å². The molecule has 2 heterocycles. The highest BCUT2D eigenvalue weighted by Crippen LogP contribution is 2.24. The molecule has 7 heteroatoms. The summed E-state index contributed by atoms with van der Waals surface area (Å²) in [5.74, 6) is -0.242. The summed E-state index contributed by atoms with van der Waals surface area (Å²) in [5.41, 5.74) is 2.51. The van der Waals surface area contributed by atoms with Crippen molar-refractivity contribution in [3.63, 3.8) is 0 Å². The molecular weight excluding hydrogens is 404 g/mol. The number of nitrogens with zero attached hydrogens (tertiary/aromatic N) is 3. The van der Waals surface area contributed by atoms with E-state index in [1.165, 1.54) is 5.56 Å². The third kappa shape index (κ3) is 4.83. The maximum atomic E-state index is 13.4. The molecule has 3 amide bonds. The van der Waals surface area contributed by atoms with Gasteiger partial charge in [0.2, 0.25) is 11.8 Å². The summed E-state index contributed by atoms with van der Waals surface area (Å²) in [6.07, 6.45) is 2.28. The number of piperazine rings is 1. The third-order valence-corrected chi connectivity index (χ3v) is 6.31. The van der Waals surface area contributed by atoms with E-state index in [1.54, 1.807) is 35.0 Å². The molecule has 0 aromatic heterocycles. The zero-order valence-electron chi connectivity index (χ0n) is 18.5. The number of rotatable bonds is 6. The van der Waals surface area contributed by atoms with Crippen molar-refractivity contribution in [3.05, 3.63) is 65.7 Å². The first-order valence-corrected chi connectivity index (χ1v) is 11.3. The Morgan fingerprint density at radius 3 is 2.56 bits per heavy atom. The van der Waals surface area contributed by atoms with Crippen LogP contribution in [0.15, 0.2) is 54.6 Å². The predicted molar refractivity (Wildman–Crippen MR) is 124 cm³/mol. The Balaban J connectivity index is 1.47. The fourth-order valence-corrected chi connectivity index (χ4v) is 4.50. The molecular formula is C25H30N4O3. The quantitative estimate of drug-likeness (QED) is 0.754. The van der Waals surface area contributed by atoms with Crippen molar-refractivity contribution < 1.29 is 14.4 Å². The Morgan fingerprint density at radius 1 is 1.03 bits per heavy atom. The molecule has 0 radical (unpaired) electrons. The fraction of sp³-hybridized carbons (Fsp3) is 0.400. The molecule has 4 rings (SSSR count). The van der Waals surface area contributed by atoms with Crippen molar-refractivity contribution >= 4 is 23.4 Å². The Bertz CT molecular complexity index is 978. The van der Waals surface area contributed by atoms with Crippen LogP contribution in [-0.4, -0.2) is 73.3 Å². The highest BCUT2D eigenvalue weighted by atomic mass is 16.2. The highest BCUT2D eigenvalue weighted by molar-refractivity contribution is 6.00. The molecule has 2 aliphatic rings. The van der Waals surface area contributed by atoms with E-state index < -0.39 is 6.04 Å². The van der Waals surface area contributed by atoms with Crippen LogP contribution in [0.2, 0.25) is 0 Å². The lowest BCUT2D eigenvalue weighted by Gasteiger charge is -2.40. The van der Waals surface area contributed by atoms with Gasteiger partial charge in [0.25, 0.3) is 5.91 Å². The van der Waals surface area contributed by atoms with E-state index in [2.05, 4.69) is 22.3 Å². The molecule has 2 aliphatic heterocycles. The fourth-order valence-electron chi connectivity index (χ4n) is 4.50. The molecule has 0 saturated carbocycles. The molecule has 1 atom stereocenters. The molecule has 32 heavy (non-hydrogen) atoms. The highest BCUT2D eigenvalue weighted by Gasteiger charge is 2.35. The topological polar surface area (TPSA) is 73.0 Å². The number of nitrogens with one attached hydrogen (secondary N) is 1. The number of amides is 3. The van der Waals surface area contributed by atoms with Crippen LogP contribution in [0.4, 0.5) is 5.69 Å².